The second-order valence-electron chi connectivity index (χ2n) is 7.31. The molecular weight excluding hydrogens is 334 g/mol. The summed E-state index contributed by atoms with van der Waals surface area (Å²) in [7, 11) is 1.36. The van der Waals surface area contributed by atoms with Crippen molar-refractivity contribution in [3.05, 3.63) is 23.9 Å². The fourth-order valence-corrected chi connectivity index (χ4v) is 4.12. The molecule has 0 bridgehead atoms. The van der Waals surface area contributed by atoms with E-state index in [0.717, 1.165) is 44.7 Å². The summed E-state index contributed by atoms with van der Waals surface area (Å²) in [6.07, 6.45) is 5.82. The van der Waals surface area contributed by atoms with Gasteiger partial charge in [0.1, 0.15) is 5.82 Å². The van der Waals surface area contributed by atoms with Crippen LogP contribution in [0.15, 0.2) is 18.3 Å². The Kier molecular flexibility index (Phi) is 5.76. The van der Waals surface area contributed by atoms with E-state index in [9.17, 15) is 9.59 Å². The minimum absolute atomic E-state index is 0.0876. The zero-order chi connectivity index (χ0) is 18.6. The van der Waals surface area contributed by atoms with Gasteiger partial charge in [-0.25, -0.2) is 9.78 Å². The molecule has 2 saturated heterocycles. The summed E-state index contributed by atoms with van der Waals surface area (Å²) in [6, 6.07) is 3.61. The largest absolute Gasteiger partial charge is 0.465 e. The Morgan fingerprint density at radius 3 is 2.88 bits per heavy atom. The molecule has 1 amide bonds. The standard InChI is InChI=1S/C19H27N3O4/c1-26-18(25)15-4-5-16(20-12-15)21-9-2-7-19(13-21)8-6-17(24)22(14-19)10-3-11-23/h4-5,12,23H,2-3,6-11,13-14H2,1H3/t19-/m0/s1. The number of anilines is 1. The van der Waals surface area contributed by atoms with Gasteiger partial charge in [-0.2, -0.15) is 0 Å². The van der Waals surface area contributed by atoms with Crippen molar-refractivity contribution in [1.29, 1.82) is 0 Å². The maximum Gasteiger partial charge on any atom is 0.339 e. The number of esters is 1. The molecule has 3 heterocycles. The van der Waals surface area contributed by atoms with Gasteiger partial charge in [0.2, 0.25) is 5.91 Å². The lowest BCUT2D eigenvalue weighted by Gasteiger charge is -2.48. The summed E-state index contributed by atoms with van der Waals surface area (Å²) in [5.74, 6) is 0.668. The van der Waals surface area contributed by atoms with Crippen LogP contribution in [-0.4, -0.2) is 66.8 Å². The van der Waals surface area contributed by atoms with E-state index in [2.05, 4.69) is 9.88 Å². The van der Waals surface area contributed by atoms with Crippen LogP contribution >= 0.6 is 0 Å². The number of aromatic nitrogens is 1. The number of aliphatic hydroxyl groups excluding tert-OH is 1. The SMILES string of the molecule is COC(=O)c1ccc(N2CCC[C@]3(CCC(=O)N(CCCO)C3)C2)nc1. The number of methoxy groups -OCH3 is 1. The Morgan fingerprint density at radius 1 is 1.35 bits per heavy atom. The third-order valence-corrected chi connectivity index (χ3v) is 5.49. The Balaban J connectivity index is 1.70. The predicted octanol–water partition coefficient (Wildman–Crippen LogP) is 1.46. The van der Waals surface area contributed by atoms with Crippen molar-refractivity contribution < 1.29 is 19.4 Å². The summed E-state index contributed by atoms with van der Waals surface area (Å²) in [5.41, 5.74) is 0.533. The first-order valence-corrected chi connectivity index (χ1v) is 9.25. The van der Waals surface area contributed by atoms with Crippen LogP contribution < -0.4 is 4.90 Å². The Morgan fingerprint density at radius 2 is 2.19 bits per heavy atom. The van der Waals surface area contributed by atoms with E-state index >= 15 is 0 Å². The number of aliphatic hydroxyl groups is 1. The third kappa shape index (κ3) is 3.98. The summed E-state index contributed by atoms with van der Waals surface area (Å²) in [4.78, 5) is 32.4. The molecule has 0 radical (unpaired) electrons. The second-order valence-corrected chi connectivity index (χ2v) is 7.31. The van der Waals surface area contributed by atoms with Crippen LogP contribution in [0.3, 0.4) is 0 Å². The fourth-order valence-electron chi connectivity index (χ4n) is 4.12. The monoisotopic (exact) mass is 361 g/mol. The van der Waals surface area contributed by atoms with Crippen molar-refractivity contribution in [3.8, 4) is 0 Å². The normalized spacial score (nSPS) is 23.4. The number of amides is 1. The second kappa shape index (κ2) is 8.03. The first kappa shape index (κ1) is 18.6. The van der Waals surface area contributed by atoms with Crippen molar-refractivity contribution in [2.45, 2.75) is 32.1 Å². The molecule has 1 aromatic rings. The molecule has 0 saturated carbocycles. The van der Waals surface area contributed by atoms with E-state index in [1.54, 1.807) is 12.3 Å². The summed E-state index contributed by atoms with van der Waals surface area (Å²) in [5, 5.41) is 9.07. The quantitative estimate of drug-likeness (QED) is 0.800. The van der Waals surface area contributed by atoms with Gasteiger partial charge in [-0.1, -0.05) is 0 Å². The average Bonchev–Trinajstić information content (AvgIpc) is 2.68. The maximum atomic E-state index is 12.2. The summed E-state index contributed by atoms with van der Waals surface area (Å²) in [6.45, 7) is 3.28. The first-order valence-electron chi connectivity index (χ1n) is 9.25. The highest BCUT2D eigenvalue weighted by Crippen LogP contribution is 2.39. The minimum atomic E-state index is -0.385. The molecule has 2 fully saturated rings. The van der Waals surface area contributed by atoms with Crippen LogP contribution in [0.4, 0.5) is 5.82 Å². The molecule has 0 aliphatic carbocycles. The van der Waals surface area contributed by atoms with Gasteiger partial charge in [0.15, 0.2) is 0 Å². The number of carbonyl (C=O) groups is 2. The van der Waals surface area contributed by atoms with Gasteiger partial charge in [0.25, 0.3) is 0 Å². The highest BCUT2D eigenvalue weighted by molar-refractivity contribution is 5.89. The topological polar surface area (TPSA) is 83.0 Å². The lowest BCUT2D eigenvalue weighted by atomic mass is 9.73. The molecule has 1 atom stereocenters. The van der Waals surface area contributed by atoms with Crippen molar-refractivity contribution in [3.63, 3.8) is 0 Å². The van der Waals surface area contributed by atoms with Gasteiger partial charge in [0, 0.05) is 50.8 Å². The number of carbonyl (C=O) groups excluding carboxylic acids is 2. The summed E-state index contributed by atoms with van der Waals surface area (Å²) < 4.78 is 4.72. The zero-order valence-corrected chi connectivity index (χ0v) is 15.3. The van der Waals surface area contributed by atoms with E-state index in [0.29, 0.717) is 24.9 Å². The van der Waals surface area contributed by atoms with E-state index in [4.69, 9.17) is 9.84 Å². The van der Waals surface area contributed by atoms with Gasteiger partial charge in [-0.05, 0) is 37.8 Å². The number of nitrogens with zero attached hydrogens (tertiary/aromatic N) is 3. The Bertz CT molecular complexity index is 649. The molecule has 7 heteroatoms. The number of rotatable bonds is 5. The number of piperidine rings is 2. The molecule has 2 aliphatic rings. The number of likely N-dealkylation sites (tertiary alicyclic amines) is 1. The van der Waals surface area contributed by atoms with E-state index in [1.165, 1.54) is 7.11 Å². The number of ether oxygens (including phenoxy) is 1. The van der Waals surface area contributed by atoms with Crippen LogP contribution in [0.2, 0.25) is 0 Å². The van der Waals surface area contributed by atoms with Crippen LogP contribution in [0, 0.1) is 5.41 Å². The molecule has 142 valence electrons. The molecule has 7 nitrogen and oxygen atoms in total. The highest BCUT2D eigenvalue weighted by Gasteiger charge is 2.41. The van der Waals surface area contributed by atoms with Crippen LogP contribution in [-0.2, 0) is 9.53 Å². The van der Waals surface area contributed by atoms with Gasteiger partial charge in [0.05, 0.1) is 12.7 Å². The highest BCUT2D eigenvalue weighted by atomic mass is 16.5. The van der Waals surface area contributed by atoms with Crippen molar-refractivity contribution in [1.82, 2.24) is 9.88 Å². The molecule has 2 aliphatic heterocycles. The Labute approximate surface area is 153 Å². The lowest BCUT2D eigenvalue weighted by molar-refractivity contribution is -0.138. The van der Waals surface area contributed by atoms with Gasteiger partial charge >= 0.3 is 5.97 Å². The van der Waals surface area contributed by atoms with Crippen molar-refractivity contribution in [2.24, 2.45) is 5.41 Å². The number of hydrogen-bond acceptors (Lipinski definition) is 6. The van der Waals surface area contributed by atoms with Gasteiger partial charge < -0.3 is 19.6 Å². The first-order chi connectivity index (χ1) is 12.6. The van der Waals surface area contributed by atoms with Crippen LogP contribution in [0.5, 0.6) is 0 Å². The van der Waals surface area contributed by atoms with E-state index in [1.807, 2.05) is 11.0 Å². The molecule has 0 unspecified atom stereocenters. The molecule has 26 heavy (non-hydrogen) atoms. The molecule has 0 aromatic carbocycles. The number of pyridine rings is 1. The van der Waals surface area contributed by atoms with E-state index < -0.39 is 0 Å². The molecular formula is C19H27N3O4. The third-order valence-electron chi connectivity index (χ3n) is 5.49. The molecule has 1 N–H and O–H groups in total. The van der Waals surface area contributed by atoms with Crippen molar-refractivity contribution >= 4 is 17.7 Å². The Hall–Kier alpha value is -2.15. The zero-order valence-electron chi connectivity index (χ0n) is 15.3. The fraction of sp³-hybridized carbons (Fsp3) is 0.632. The van der Waals surface area contributed by atoms with Crippen LogP contribution in [0.25, 0.3) is 0 Å². The predicted molar refractivity (Wildman–Crippen MR) is 97.0 cm³/mol. The average molecular weight is 361 g/mol. The maximum absolute atomic E-state index is 12.2. The van der Waals surface area contributed by atoms with Gasteiger partial charge in [-0.3, -0.25) is 4.79 Å². The van der Waals surface area contributed by atoms with Crippen LogP contribution in [0.1, 0.15) is 42.5 Å². The molecule has 3 rings (SSSR count). The minimum Gasteiger partial charge on any atom is -0.465 e. The van der Waals surface area contributed by atoms with Gasteiger partial charge in [-0.15, -0.1) is 0 Å². The smallest absolute Gasteiger partial charge is 0.339 e. The van der Waals surface area contributed by atoms with E-state index in [-0.39, 0.29) is 23.9 Å². The molecule has 1 spiro atoms. The van der Waals surface area contributed by atoms with Crippen molar-refractivity contribution in [2.75, 3.05) is 44.8 Å². The molecule has 1 aromatic heterocycles. The summed E-state index contributed by atoms with van der Waals surface area (Å²) >= 11 is 0. The number of hydrogen-bond donors (Lipinski definition) is 1. The lowest BCUT2D eigenvalue weighted by Crippen LogP contribution is -2.54.